The van der Waals surface area contributed by atoms with Crippen LogP contribution in [0.25, 0.3) is 0 Å². The molecule has 9 nitrogen and oxygen atoms in total. The van der Waals surface area contributed by atoms with Gasteiger partial charge >= 0.3 is 0 Å². The van der Waals surface area contributed by atoms with Gasteiger partial charge in [-0.15, -0.1) is 0 Å². The molecular formula is C16H23N5O4S. The van der Waals surface area contributed by atoms with Crippen molar-refractivity contribution < 1.29 is 17.9 Å². The van der Waals surface area contributed by atoms with Gasteiger partial charge in [-0.2, -0.15) is 9.40 Å². The third-order valence-corrected chi connectivity index (χ3v) is 6.60. The average molecular weight is 381 g/mol. The van der Waals surface area contributed by atoms with Crippen molar-refractivity contribution in [1.82, 2.24) is 24.1 Å². The second-order valence-electron chi connectivity index (χ2n) is 6.24. The molecule has 0 saturated carbocycles. The summed E-state index contributed by atoms with van der Waals surface area (Å²) in [5.41, 5.74) is 1.13. The average Bonchev–Trinajstić information content (AvgIpc) is 2.88. The first-order valence-electron chi connectivity index (χ1n) is 8.36. The highest BCUT2D eigenvalue weighted by Gasteiger charge is 2.35. The first-order chi connectivity index (χ1) is 12.3. The number of hydrogen-bond donors (Lipinski definition) is 0. The number of aryl methyl sites for hydroxylation is 2. The van der Waals surface area contributed by atoms with Crippen LogP contribution in [-0.4, -0.2) is 58.8 Å². The minimum absolute atomic E-state index is 0.246. The van der Waals surface area contributed by atoms with Crippen LogP contribution >= 0.6 is 0 Å². The van der Waals surface area contributed by atoms with Gasteiger partial charge in [0.2, 0.25) is 10.0 Å². The van der Waals surface area contributed by atoms with Crippen LogP contribution in [0.5, 0.6) is 11.8 Å². The lowest BCUT2D eigenvalue weighted by atomic mass is 10.1. The van der Waals surface area contributed by atoms with Crippen LogP contribution in [-0.2, 0) is 17.1 Å². The van der Waals surface area contributed by atoms with E-state index < -0.39 is 10.0 Å². The summed E-state index contributed by atoms with van der Waals surface area (Å²) >= 11 is 0. The molecule has 1 atom stereocenters. The summed E-state index contributed by atoms with van der Waals surface area (Å²) in [7, 11) is -0.412. The minimum atomic E-state index is -3.64. The van der Waals surface area contributed by atoms with E-state index in [2.05, 4.69) is 15.1 Å². The fourth-order valence-corrected chi connectivity index (χ4v) is 5.08. The smallest absolute Gasteiger partial charge is 0.278 e. The van der Waals surface area contributed by atoms with E-state index in [0.717, 1.165) is 6.42 Å². The zero-order valence-electron chi connectivity index (χ0n) is 15.3. The third-order valence-electron chi connectivity index (χ3n) is 4.49. The van der Waals surface area contributed by atoms with Gasteiger partial charge in [-0.25, -0.2) is 18.4 Å². The normalized spacial score (nSPS) is 18.7. The van der Waals surface area contributed by atoms with E-state index >= 15 is 0 Å². The van der Waals surface area contributed by atoms with E-state index in [4.69, 9.17) is 9.47 Å². The van der Waals surface area contributed by atoms with Gasteiger partial charge < -0.3 is 9.47 Å². The van der Waals surface area contributed by atoms with Crippen LogP contribution in [0, 0.1) is 13.8 Å². The Morgan fingerprint density at radius 1 is 1.19 bits per heavy atom. The van der Waals surface area contributed by atoms with Crippen LogP contribution in [0.3, 0.4) is 0 Å². The number of piperidine rings is 1. The predicted octanol–water partition coefficient (Wildman–Crippen LogP) is 1.07. The number of nitrogens with zero attached hydrogens (tertiary/aromatic N) is 5. The quantitative estimate of drug-likeness (QED) is 0.764. The molecule has 0 bridgehead atoms. The molecule has 1 aliphatic rings. The summed E-state index contributed by atoms with van der Waals surface area (Å²) in [6.45, 7) is 4.17. The Balaban J connectivity index is 1.82. The minimum Gasteiger partial charge on any atom is -0.477 e. The van der Waals surface area contributed by atoms with Crippen molar-refractivity contribution in [3.05, 3.63) is 23.8 Å². The number of sulfonamides is 1. The van der Waals surface area contributed by atoms with Gasteiger partial charge in [0.15, 0.2) is 0 Å². The first kappa shape index (κ1) is 18.6. The summed E-state index contributed by atoms with van der Waals surface area (Å²) < 4.78 is 40.3. The van der Waals surface area contributed by atoms with E-state index in [9.17, 15) is 8.42 Å². The zero-order chi connectivity index (χ0) is 18.9. The summed E-state index contributed by atoms with van der Waals surface area (Å²) in [5, 5.41) is 4.23. The Labute approximate surface area is 153 Å². The van der Waals surface area contributed by atoms with Crippen molar-refractivity contribution in [2.45, 2.75) is 37.7 Å². The largest absolute Gasteiger partial charge is 0.477 e. The number of aromatic nitrogens is 4. The monoisotopic (exact) mass is 381 g/mol. The topological polar surface area (TPSA) is 99.4 Å². The fraction of sp³-hybridized carbons (Fsp3) is 0.562. The molecule has 0 aliphatic carbocycles. The number of ether oxygens (including phenoxy) is 2. The van der Waals surface area contributed by atoms with Crippen molar-refractivity contribution >= 4 is 10.0 Å². The van der Waals surface area contributed by atoms with Crippen LogP contribution in [0.2, 0.25) is 0 Å². The van der Waals surface area contributed by atoms with E-state index in [1.165, 1.54) is 23.8 Å². The second-order valence-corrected chi connectivity index (χ2v) is 8.11. The highest BCUT2D eigenvalue weighted by Crippen LogP contribution is 2.28. The van der Waals surface area contributed by atoms with E-state index in [1.807, 2.05) is 0 Å². The molecule has 0 N–H and O–H groups in total. The van der Waals surface area contributed by atoms with E-state index in [0.29, 0.717) is 24.4 Å². The molecule has 1 aliphatic heterocycles. The van der Waals surface area contributed by atoms with Crippen molar-refractivity contribution in [1.29, 1.82) is 0 Å². The Bertz CT molecular complexity index is 896. The zero-order valence-corrected chi connectivity index (χ0v) is 16.2. The van der Waals surface area contributed by atoms with Crippen LogP contribution in [0.4, 0.5) is 0 Å². The van der Waals surface area contributed by atoms with Gasteiger partial charge in [0.05, 0.1) is 25.0 Å². The molecule has 0 spiro atoms. The molecule has 1 saturated heterocycles. The molecule has 10 heteroatoms. The lowest BCUT2D eigenvalue weighted by Crippen LogP contribution is -2.44. The lowest BCUT2D eigenvalue weighted by Gasteiger charge is -2.31. The standard InChI is InChI=1S/C16H23N5O4S/c1-11-14(12(2)20(3)19-11)26(22,23)21-9-5-6-13(10-21)25-16-15(24-4)17-7-8-18-16/h7-8,13H,5-6,9-10H2,1-4H3. The highest BCUT2D eigenvalue weighted by atomic mass is 32.2. The molecular weight excluding hydrogens is 358 g/mol. The van der Waals surface area contributed by atoms with Gasteiger partial charge in [-0.05, 0) is 26.7 Å². The van der Waals surface area contributed by atoms with Crippen molar-refractivity contribution in [3.8, 4) is 11.8 Å². The van der Waals surface area contributed by atoms with Gasteiger partial charge in [0.1, 0.15) is 11.0 Å². The number of methoxy groups -OCH3 is 1. The molecule has 1 fully saturated rings. The molecule has 0 radical (unpaired) electrons. The maximum atomic E-state index is 13.1. The second kappa shape index (κ2) is 7.20. The summed E-state index contributed by atoms with van der Waals surface area (Å²) in [6, 6.07) is 0. The fourth-order valence-electron chi connectivity index (χ4n) is 3.17. The predicted molar refractivity (Wildman–Crippen MR) is 93.7 cm³/mol. The van der Waals surface area contributed by atoms with Crippen LogP contribution < -0.4 is 9.47 Å². The van der Waals surface area contributed by atoms with Gasteiger partial charge in [0.25, 0.3) is 11.8 Å². The van der Waals surface area contributed by atoms with Crippen molar-refractivity contribution in [2.24, 2.45) is 7.05 Å². The van der Waals surface area contributed by atoms with E-state index in [1.54, 1.807) is 25.6 Å². The molecule has 3 heterocycles. The molecule has 1 unspecified atom stereocenters. The molecule has 0 amide bonds. The molecule has 2 aromatic heterocycles. The summed E-state index contributed by atoms with van der Waals surface area (Å²) in [5.74, 6) is 0.555. The third kappa shape index (κ3) is 3.38. The van der Waals surface area contributed by atoms with Gasteiger partial charge in [0, 0.05) is 26.0 Å². The van der Waals surface area contributed by atoms with Crippen molar-refractivity contribution in [2.75, 3.05) is 20.2 Å². The summed E-state index contributed by atoms with van der Waals surface area (Å²) in [6.07, 6.45) is 4.14. The van der Waals surface area contributed by atoms with Crippen LogP contribution in [0.15, 0.2) is 17.3 Å². The first-order valence-corrected chi connectivity index (χ1v) is 9.80. The van der Waals surface area contributed by atoms with Crippen molar-refractivity contribution in [3.63, 3.8) is 0 Å². The van der Waals surface area contributed by atoms with E-state index in [-0.39, 0.29) is 29.3 Å². The number of hydrogen-bond acceptors (Lipinski definition) is 7. The molecule has 2 aromatic rings. The lowest BCUT2D eigenvalue weighted by molar-refractivity contribution is 0.119. The maximum Gasteiger partial charge on any atom is 0.278 e. The Morgan fingerprint density at radius 3 is 2.50 bits per heavy atom. The van der Waals surface area contributed by atoms with Gasteiger partial charge in [-0.3, -0.25) is 4.68 Å². The maximum absolute atomic E-state index is 13.1. The Hall–Kier alpha value is -2.20. The summed E-state index contributed by atoms with van der Waals surface area (Å²) in [4.78, 5) is 8.46. The number of rotatable bonds is 5. The molecule has 26 heavy (non-hydrogen) atoms. The Kier molecular flexibility index (Phi) is 5.15. The van der Waals surface area contributed by atoms with Gasteiger partial charge in [-0.1, -0.05) is 0 Å². The molecule has 3 rings (SSSR count). The SMILES string of the molecule is COc1nccnc1OC1CCCN(S(=O)(=O)c2c(C)nn(C)c2C)C1. The molecule has 0 aromatic carbocycles. The Morgan fingerprint density at radius 2 is 1.88 bits per heavy atom. The highest BCUT2D eigenvalue weighted by molar-refractivity contribution is 7.89. The molecule has 142 valence electrons. The van der Waals surface area contributed by atoms with Crippen LogP contribution in [0.1, 0.15) is 24.2 Å².